The van der Waals surface area contributed by atoms with Gasteiger partial charge in [0.05, 0.1) is 28.6 Å². The summed E-state index contributed by atoms with van der Waals surface area (Å²) in [5, 5.41) is 29.7. The number of hydrogen-bond donors (Lipinski definition) is 0. The highest BCUT2D eigenvalue weighted by Gasteiger charge is 2.24. The third-order valence-corrected chi connectivity index (χ3v) is 3.86. The lowest BCUT2D eigenvalue weighted by atomic mass is 9.83. The second kappa shape index (κ2) is 6.98. The Balaban J connectivity index is 2.44. The fraction of sp³-hybridized carbons (Fsp3) is 0.222. The molecular formula is C18H15FN4O2. The quantitative estimate of drug-likeness (QED) is 0.355. The van der Waals surface area contributed by atoms with Crippen LogP contribution in [-0.2, 0) is 12.0 Å². The Hall–Kier alpha value is -3.45. The van der Waals surface area contributed by atoms with E-state index in [1.54, 1.807) is 38.1 Å². The van der Waals surface area contributed by atoms with Gasteiger partial charge in [0, 0.05) is 6.07 Å². The summed E-state index contributed by atoms with van der Waals surface area (Å²) in [6.45, 7) is 3.65. The maximum absolute atomic E-state index is 13.5. The maximum atomic E-state index is 13.5. The summed E-state index contributed by atoms with van der Waals surface area (Å²) in [6.07, 6.45) is 1.95. The lowest BCUT2D eigenvalue weighted by Crippen LogP contribution is -2.22. The number of anilines is 1. The molecule has 0 N–H and O–H groups in total. The zero-order chi connectivity index (χ0) is 18.6. The third-order valence-electron chi connectivity index (χ3n) is 3.86. The van der Waals surface area contributed by atoms with E-state index in [0.29, 0.717) is 0 Å². The van der Waals surface area contributed by atoms with Crippen LogP contribution in [0.15, 0.2) is 42.5 Å². The highest BCUT2D eigenvalue weighted by atomic mass is 19.1. The van der Waals surface area contributed by atoms with Gasteiger partial charge in [-0.15, -0.1) is 0 Å². The number of nitriles is 2. The zero-order valence-corrected chi connectivity index (χ0v) is 13.7. The lowest BCUT2D eigenvalue weighted by Gasteiger charge is -2.23. The van der Waals surface area contributed by atoms with Crippen molar-refractivity contribution in [2.24, 2.45) is 0 Å². The topological polar surface area (TPSA) is 94.0 Å². The number of halogens is 1. The Labute approximate surface area is 144 Å². The number of nitrogens with zero attached hydrogens (tertiary/aromatic N) is 4. The minimum atomic E-state index is -0.961. The molecular weight excluding hydrogens is 323 g/mol. The molecule has 2 rings (SSSR count). The molecule has 0 aliphatic heterocycles. The minimum absolute atomic E-state index is 0.112. The molecule has 0 aromatic heterocycles. The smallest absolute Gasteiger partial charge is 0.275 e. The van der Waals surface area contributed by atoms with Crippen LogP contribution in [0.3, 0.4) is 0 Å². The van der Waals surface area contributed by atoms with Gasteiger partial charge < -0.3 is 0 Å². The standard InChI is InChI=1S/C18H15FN4O2/c1-18(2,11-20)15-6-4-3-5-13(15)10-22(12-21)14-7-8-16(19)17(9-14)23(24)25/h3-9H,10H2,1-2H3. The van der Waals surface area contributed by atoms with Crippen LogP contribution in [0.2, 0.25) is 0 Å². The van der Waals surface area contributed by atoms with Crippen molar-refractivity contribution in [1.29, 1.82) is 10.5 Å². The first-order chi connectivity index (χ1) is 11.8. The van der Waals surface area contributed by atoms with Gasteiger partial charge in [0.2, 0.25) is 5.82 Å². The van der Waals surface area contributed by atoms with Crippen LogP contribution in [0, 0.1) is 38.7 Å². The van der Waals surface area contributed by atoms with Crippen LogP contribution < -0.4 is 4.90 Å². The molecule has 25 heavy (non-hydrogen) atoms. The third kappa shape index (κ3) is 3.73. The molecule has 0 saturated heterocycles. The summed E-state index contributed by atoms with van der Waals surface area (Å²) in [5.74, 6) is -0.961. The Morgan fingerprint density at radius 2 is 1.92 bits per heavy atom. The second-order valence-electron chi connectivity index (χ2n) is 5.97. The van der Waals surface area contributed by atoms with Crippen molar-refractivity contribution in [1.82, 2.24) is 0 Å². The predicted molar refractivity (Wildman–Crippen MR) is 89.9 cm³/mol. The highest BCUT2D eigenvalue weighted by molar-refractivity contribution is 5.57. The molecule has 0 fully saturated rings. The molecule has 0 radical (unpaired) electrons. The number of rotatable bonds is 5. The Morgan fingerprint density at radius 3 is 2.52 bits per heavy atom. The average Bonchev–Trinajstić information content (AvgIpc) is 2.60. The van der Waals surface area contributed by atoms with E-state index in [4.69, 9.17) is 0 Å². The van der Waals surface area contributed by atoms with Gasteiger partial charge >= 0.3 is 5.69 Å². The zero-order valence-electron chi connectivity index (χ0n) is 13.7. The van der Waals surface area contributed by atoms with Gasteiger partial charge in [-0.2, -0.15) is 14.9 Å². The van der Waals surface area contributed by atoms with Crippen LogP contribution in [0.5, 0.6) is 0 Å². The fourth-order valence-electron chi connectivity index (χ4n) is 2.49. The molecule has 126 valence electrons. The van der Waals surface area contributed by atoms with E-state index >= 15 is 0 Å². The molecule has 0 aliphatic carbocycles. The van der Waals surface area contributed by atoms with Crippen molar-refractivity contribution in [2.45, 2.75) is 25.8 Å². The molecule has 2 aromatic carbocycles. The minimum Gasteiger partial charge on any atom is -0.275 e. The number of hydrogen-bond acceptors (Lipinski definition) is 5. The van der Waals surface area contributed by atoms with Crippen LogP contribution in [-0.4, -0.2) is 4.92 Å². The second-order valence-corrected chi connectivity index (χ2v) is 5.97. The SMILES string of the molecule is CC(C)(C#N)c1ccccc1CN(C#N)c1ccc(F)c([N+](=O)[O-])c1. The van der Waals surface area contributed by atoms with E-state index in [1.807, 2.05) is 6.19 Å². The van der Waals surface area contributed by atoms with Gasteiger partial charge in [0.25, 0.3) is 0 Å². The van der Waals surface area contributed by atoms with Crippen LogP contribution in [0.1, 0.15) is 25.0 Å². The first-order valence-corrected chi connectivity index (χ1v) is 7.41. The molecule has 6 nitrogen and oxygen atoms in total. The van der Waals surface area contributed by atoms with Crippen molar-refractivity contribution < 1.29 is 9.31 Å². The van der Waals surface area contributed by atoms with Crippen LogP contribution in [0.25, 0.3) is 0 Å². The van der Waals surface area contributed by atoms with Crippen molar-refractivity contribution in [3.8, 4) is 12.3 Å². The molecule has 0 atom stereocenters. The van der Waals surface area contributed by atoms with Gasteiger partial charge in [-0.3, -0.25) is 15.0 Å². The number of benzene rings is 2. The molecule has 0 bridgehead atoms. The van der Waals surface area contributed by atoms with E-state index in [1.165, 1.54) is 11.0 Å². The summed E-state index contributed by atoms with van der Waals surface area (Å²) in [5.41, 5.74) is 0.257. The largest absolute Gasteiger partial charge is 0.306 e. The Kier molecular flexibility index (Phi) is 5.00. The molecule has 7 heteroatoms. The number of nitro groups is 1. The van der Waals surface area contributed by atoms with Gasteiger partial charge in [0.1, 0.15) is 0 Å². The van der Waals surface area contributed by atoms with E-state index < -0.39 is 21.8 Å². The van der Waals surface area contributed by atoms with Crippen molar-refractivity contribution >= 4 is 11.4 Å². The molecule has 0 unspecified atom stereocenters. The van der Waals surface area contributed by atoms with Crippen LogP contribution >= 0.6 is 0 Å². The van der Waals surface area contributed by atoms with Crippen molar-refractivity contribution in [2.75, 3.05) is 4.90 Å². The number of nitro benzene ring substituents is 1. The van der Waals surface area contributed by atoms with Gasteiger partial charge in [-0.25, -0.2) is 0 Å². The molecule has 0 spiro atoms. The molecule has 0 amide bonds. The lowest BCUT2D eigenvalue weighted by molar-refractivity contribution is -0.387. The van der Waals surface area contributed by atoms with Gasteiger partial charge in [0.15, 0.2) is 6.19 Å². The maximum Gasteiger partial charge on any atom is 0.306 e. The van der Waals surface area contributed by atoms with Crippen molar-refractivity contribution in [3.05, 3.63) is 69.5 Å². The molecule has 2 aromatic rings. The molecule has 0 aliphatic rings. The summed E-state index contributed by atoms with van der Waals surface area (Å²) in [6, 6.07) is 12.7. The van der Waals surface area contributed by atoms with Gasteiger partial charge in [-0.1, -0.05) is 24.3 Å². The Bertz CT molecular complexity index is 897. The molecule has 0 saturated carbocycles. The van der Waals surface area contributed by atoms with E-state index in [0.717, 1.165) is 23.3 Å². The van der Waals surface area contributed by atoms with Gasteiger partial charge in [-0.05, 0) is 37.1 Å². The summed E-state index contributed by atoms with van der Waals surface area (Å²) < 4.78 is 13.5. The highest BCUT2D eigenvalue weighted by Crippen LogP contribution is 2.29. The Morgan fingerprint density at radius 1 is 1.24 bits per heavy atom. The summed E-state index contributed by atoms with van der Waals surface area (Å²) in [4.78, 5) is 11.3. The van der Waals surface area contributed by atoms with E-state index in [9.17, 15) is 25.0 Å². The van der Waals surface area contributed by atoms with E-state index in [-0.39, 0.29) is 12.2 Å². The van der Waals surface area contributed by atoms with E-state index in [2.05, 4.69) is 6.07 Å². The molecule has 0 heterocycles. The first kappa shape index (κ1) is 17.9. The predicted octanol–water partition coefficient (Wildman–Crippen LogP) is 4.02. The van der Waals surface area contributed by atoms with Crippen molar-refractivity contribution in [3.63, 3.8) is 0 Å². The monoisotopic (exact) mass is 338 g/mol. The summed E-state index contributed by atoms with van der Waals surface area (Å²) >= 11 is 0. The fourth-order valence-corrected chi connectivity index (χ4v) is 2.49. The first-order valence-electron chi connectivity index (χ1n) is 7.41. The van der Waals surface area contributed by atoms with Crippen LogP contribution in [0.4, 0.5) is 15.8 Å². The normalized spacial score (nSPS) is 10.6. The summed E-state index contributed by atoms with van der Waals surface area (Å²) in [7, 11) is 0. The average molecular weight is 338 g/mol.